The number of carbonyl (C=O) groups is 1. The second-order valence-corrected chi connectivity index (χ2v) is 7.56. The molecule has 2 aromatic heterocycles. The number of alkyl halides is 1. The summed E-state index contributed by atoms with van der Waals surface area (Å²) in [7, 11) is 0. The van der Waals surface area contributed by atoms with Crippen LogP contribution in [0.3, 0.4) is 0 Å². The van der Waals surface area contributed by atoms with E-state index in [4.69, 9.17) is 0 Å². The van der Waals surface area contributed by atoms with Crippen molar-refractivity contribution in [2.45, 2.75) is 12.6 Å². The van der Waals surface area contributed by atoms with Crippen molar-refractivity contribution in [1.29, 1.82) is 0 Å². The fourth-order valence-corrected chi connectivity index (χ4v) is 4.16. The van der Waals surface area contributed by atoms with Crippen LogP contribution in [-0.2, 0) is 11.2 Å². The first kappa shape index (κ1) is 18.6. The lowest BCUT2D eigenvalue weighted by Crippen LogP contribution is -2.29. The first-order chi connectivity index (χ1) is 13.5. The van der Waals surface area contributed by atoms with Crippen LogP contribution >= 0.6 is 0 Å². The highest BCUT2D eigenvalue weighted by atomic mass is 32.2. The van der Waals surface area contributed by atoms with Crippen LogP contribution in [0.25, 0.3) is 11.0 Å². The van der Waals surface area contributed by atoms with Crippen LogP contribution in [-0.4, -0.2) is 43.5 Å². The first-order valence-electron chi connectivity index (χ1n) is 8.48. The van der Waals surface area contributed by atoms with Gasteiger partial charge in [-0.25, -0.2) is 26.7 Å². The van der Waals surface area contributed by atoms with Crippen molar-refractivity contribution >= 4 is 33.7 Å². The van der Waals surface area contributed by atoms with Gasteiger partial charge in [0.05, 0.1) is 11.3 Å². The van der Waals surface area contributed by atoms with Gasteiger partial charge in [-0.15, -0.1) is 0 Å². The lowest BCUT2D eigenvalue weighted by atomic mass is 10.0. The molecule has 1 aromatic carbocycles. The maximum absolute atomic E-state index is 14.9. The summed E-state index contributed by atoms with van der Waals surface area (Å²) in [5.74, 6) is -3.07. The first-order valence-corrected chi connectivity index (χ1v) is 9.58. The highest BCUT2D eigenvalue weighted by molar-refractivity contribution is 7.84. The number of ketones is 1. The predicted octanol–water partition coefficient (Wildman–Crippen LogP) is 3.11. The molecule has 0 amide bonds. The monoisotopic (exact) mass is 408 g/mol. The number of benzene rings is 1. The zero-order chi connectivity index (χ0) is 19.8. The largest absolute Gasteiger partial charge is 0.345 e. The summed E-state index contributed by atoms with van der Waals surface area (Å²) >= 11 is -1.91. The molecular weight excluding hydrogens is 393 g/mol. The van der Waals surface area contributed by atoms with Gasteiger partial charge in [0, 0.05) is 36.4 Å². The zero-order valence-electron chi connectivity index (χ0n) is 14.4. The molecule has 3 aromatic rings. The quantitative estimate of drug-likeness (QED) is 0.637. The van der Waals surface area contributed by atoms with Crippen molar-refractivity contribution in [1.82, 2.24) is 14.3 Å². The molecule has 2 N–H and O–H groups in total. The lowest BCUT2D eigenvalue weighted by molar-refractivity contribution is 0.103. The van der Waals surface area contributed by atoms with E-state index in [1.54, 1.807) is 12.1 Å². The van der Waals surface area contributed by atoms with E-state index in [1.807, 2.05) is 0 Å². The summed E-state index contributed by atoms with van der Waals surface area (Å²) in [5, 5.41) is 0.430. The maximum atomic E-state index is 14.9. The second kappa shape index (κ2) is 7.36. The Balaban J connectivity index is 1.67. The molecule has 0 radical (unpaired) electrons. The Bertz CT molecular complexity index is 1090. The number of nitrogens with zero attached hydrogens (tertiary/aromatic N) is 2. The van der Waals surface area contributed by atoms with Crippen LogP contribution in [0.1, 0.15) is 22.3 Å². The lowest BCUT2D eigenvalue weighted by Gasteiger charge is -2.16. The molecule has 4 rings (SSSR count). The van der Waals surface area contributed by atoms with E-state index in [0.717, 1.165) is 12.1 Å². The summed E-state index contributed by atoms with van der Waals surface area (Å²) in [4.78, 5) is 19.6. The molecular formula is C18H15F3N4O2S. The Morgan fingerprint density at radius 1 is 1.32 bits per heavy atom. The number of pyridine rings is 1. The van der Waals surface area contributed by atoms with Crippen LogP contribution in [0.5, 0.6) is 0 Å². The second-order valence-electron chi connectivity index (χ2n) is 6.34. The number of carbonyl (C=O) groups excluding carboxylic acids is 1. The number of rotatable bonds is 5. The van der Waals surface area contributed by atoms with Crippen LogP contribution in [0.2, 0.25) is 0 Å². The molecule has 1 fully saturated rings. The van der Waals surface area contributed by atoms with Gasteiger partial charge in [-0.05, 0) is 30.7 Å². The van der Waals surface area contributed by atoms with E-state index in [0.29, 0.717) is 11.0 Å². The van der Waals surface area contributed by atoms with Gasteiger partial charge < -0.3 is 4.98 Å². The molecule has 1 aliphatic heterocycles. The molecule has 1 saturated heterocycles. The summed E-state index contributed by atoms with van der Waals surface area (Å²) in [6, 6.07) is 5.19. The number of aromatic amines is 1. The Hall–Kier alpha value is -2.72. The third-order valence-electron chi connectivity index (χ3n) is 4.54. The molecule has 2 unspecified atom stereocenters. The third-order valence-corrected chi connectivity index (χ3v) is 5.73. The average molecular weight is 408 g/mol. The van der Waals surface area contributed by atoms with Crippen LogP contribution in [0.4, 0.5) is 18.9 Å². The van der Waals surface area contributed by atoms with Crippen LogP contribution in [0, 0.1) is 11.6 Å². The van der Waals surface area contributed by atoms with E-state index < -0.39 is 40.3 Å². The fourth-order valence-electron chi connectivity index (χ4n) is 3.11. The van der Waals surface area contributed by atoms with E-state index in [9.17, 15) is 22.2 Å². The van der Waals surface area contributed by atoms with Crippen molar-refractivity contribution in [3.05, 3.63) is 59.4 Å². The van der Waals surface area contributed by atoms with E-state index >= 15 is 0 Å². The highest BCUT2D eigenvalue weighted by Gasteiger charge is 2.28. The minimum atomic E-state index is -1.91. The Labute approximate surface area is 160 Å². The Morgan fingerprint density at radius 2 is 2.14 bits per heavy atom. The van der Waals surface area contributed by atoms with Gasteiger partial charge in [0.1, 0.15) is 17.6 Å². The number of nitrogens with one attached hydrogen (secondary N) is 2. The summed E-state index contributed by atoms with van der Waals surface area (Å²) in [6.07, 6.45) is 1.99. The van der Waals surface area contributed by atoms with Gasteiger partial charge in [-0.3, -0.25) is 9.52 Å². The highest BCUT2D eigenvalue weighted by Crippen LogP contribution is 2.27. The number of hydrogen-bond donors (Lipinski definition) is 2. The minimum absolute atomic E-state index is 0.0451. The number of anilines is 1. The zero-order valence-corrected chi connectivity index (χ0v) is 15.2. The molecule has 1 aliphatic rings. The Kier molecular flexibility index (Phi) is 4.90. The van der Waals surface area contributed by atoms with Gasteiger partial charge in [0.15, 0.2) is 17.0 Å². The average Bonchev–Trinajstić information content (AvgIpc) is 3.30. The van der Waals surface area contributed by atoms with E-state index in [-0.39, 0.29) is 30.8 Å². The van der Waals surface area contributed by atoms with Crippen molar-refractivity contribution in [3.8, 4) is 0 Å². The van der Waals surface area contributed by atoms with Gasteiger partial charge in [0.25, 0.3) is 0 Å². The van der Waals surface area contributed by atoms with Crippen molar-refractivity contribution in [2.75, 3.05) is 17.8 Å². The Morgan fingerprint density at radius 3 is 2.89 bits per heavy atom. The van der Waals surface area contributed by atoms with E-state index in [2.05, 4.69) is 14.7 Å². The molecule has 2 atom stereocenters. The molecule has 0 spiro atoms. The summed E-state index contributed by atoms with van der Waals surface area (Å²) < 4.78 is 58.5. The molecule has 10 heteroatoms. The van der Waals surface area contributed by atoms with Gasteiger partial charge in [-0.2, -0.15) is 0 Å². The molecule has 6 nitrogen and oxygen atoms in total. The summed E-state index contributed by atoms with van der Waals surface area (Å²) in [6.45, 7) is 0.203. The van der Waals surface area contributed by atoms with Gasteiger partial charge in [-0.1, -0.05) is 0 Å². The van der Waals surface area contributed by atoms with Crippen LogP contribution in [0.15, 0.2) is 36.7 Å². The predicted molar refractivity (Wildman–Crippen MR) is 98.7 cm³/mol. The maximum Gasteiger partial charge on any atom is 0.201 e. The van der Waals surface area contributed by atoms with Crippen molar-refractivity contribution in [3.63, 3.8) is 0 Å². The molecule has 0 saturated carbocycles. The standard InChI is InChI=1S/C18H15F3N4O2S/c19-10-5-7-25(9-10)28(27)24-14-4-3-13(20)15(16(14)21)17(26)12-8-23-18-11(12)2-1-6-22-18/h1-4,6,8,10,24H,5,7,9H2,(H,22,23). The number of hydrogen-bond acceptors (Lipinski definition) is 3. The molecule has 0 aliphatic carbocycles. The third kappa shape index (κ3) is 3.29. The minimum Gasteiger partial charge on any atom is -0.345 e. The summed E-state index contributed by atoms with van der Waals surface area (Å²) in [5.41, 5.74) is -0.587. The molecule has 146 valence electrons. The topological polar surface area (TPSA) is 78.1 Å². The number of fused-ring (bicyclic) bond motifs is 1. The number of halogens is 3. The molecule has 0 bridgehead atoms. The van der Waals surface area contributed by atoms with Gasteiger partial charge >= 0.3 is 0 Å². The molecule has 3 heterocycles. The number of H-pyrrole nitrogens is 1. The van der Waals surface area contributed by atoms with E-state index in [1.165, 1.54) is 16.7 Å². The van der Waals surface area contributed by atoms with Crippen molar-refractivity contribution < 1.29 is 22.2 Å². The number of aromatic nitrogens is 2. The van der Waals surface area contributed by atoms with Crippen LogP contribution < -0.4 is 4.72 Å². The fraction of sp³-hybridized carbons (Fsp3) is 0.222. The normalized spacial score (nSPS) is 18.5. The van der Waals surface area contributed by atoms with Gasteiger partial charge in [0.2, 0.25) is 5.78 Å². The molecule has 28 heavy (non-hydrogen) atoms. The SMILES string of the molecule is O=C(c1c(F)ccc(NS(=O)N2CCC(F)C2)c1F)c1c[nH]c2ncccc12. The smallest absolute Gasteiger partial charge is 0.201 e. The van der Waals surface area contributed by atoms with Crippen molar-refractivity contribution in [2.24, 2.45) is 0 Å².